The van der Waals surface area contributed by atoms with Crippen molar-refractivity contribution in [3.8, 4) is 5.75 Å². The molecule has 0 radical (unpaired) electrons. The molecule has 0 spiro atoms. The molecule has 1 saturated heterocycles. The van der Waals surface area contributed by atoms with Gasteiger partial charge in [0.25, 0.3) is 0 Å². The molecule has 1 aliphatic heterocycles. The van der Waals surface area contributed by atoms with Crippen molar-refractivity contribution in [3.63, 3.8) is 0 Å². The van der Waals surface area contributed by atoms with Gasteiger partial charge in [-0.2, -0.15) is 0 Å². The summed E-state index contributed by atoms with van der Waals surface area (Å²) < 4.78 is 5.54. The fraction of sp³-hybridized carbons (Fsp3) is 0.462. The van der Waals surface area contributed by atoms with Crippen molar-refractivity contribution in [2.24, 2.45) is 0 Å². The van der Waals surface area contributed by atoms with Crippen LogP contribution in [0.15, 0.2) is 30.3 Å². The summed E-state index contributed by atoms with van der Waals surface area (Å²) in [6.07, 6.45) is 0.144. The Hall–Kier alpha value is -1.59. The average Bonchev–Trinajstić information content (AvgIpc) is 2.32. The van der Waals surface area contributed by atoms with Crippen LogP contribution < -0.4 is 15.4 Å². The third-order valence-electron chi connectivity index (χ3n) is 3.03. The number of para-hydroxylation sites is 1. The van der Waals surface area contributed by atoms with Gasteiger partial charge in [-0.1, -0.05) is 18.2 Å². The molecule has 1 aromatic rings. The topological polar surface area (TPSA) is 70.6 Å². The minimum absolute atomic E-state index is 0.144. The van der Waals surface area contributed by atoms with Crippen LogP contribution in [-0.2, 0) is 4.79 Å². The lowest BCUT2D eigenvalue weighted by Gasteiger charge is -2.42. The summed E-state index contributed by atoms with van der Waals surface area (Å²) in [5, 5.41) is 15.2. The molecule has 0 amide bonds. The Morgan fingerprint density at radius 1 is 1.39 bits per heavy atom. The van der Waals surface area contributed by atoms with Crippen molar-refractivity contribution in [2.45, 2.75) is 12.0 Å². The normalized spacial score (nSPS) is 16.9. The molecular formula is C13H18N2O3. The van der Waals surface area contributed by atoms with Gasteiger partial charge in [-0.05, 0) is 12.1 Å². The molecule has 98 valence electrons. The Balaban J connectivity index is 1.70. The van der Waals surface area contributed by atoms with Gasteiger partial charge in [0.05, 0.1) is 12.0 Å². The molecule has 3 N–H and O–H groups in total. The summed E-state index contributed by atoms with van der Waals surface area (Å²) in [5.74, 6) is 0.0614. The van der Waals surface area contributed by atoms with Gasteiger partial charge in [-0.25, -0.2) is 0 Å². The molecule has 0 unspecified atom stereocenters. The highest BCUT2D eigenvalue weighted by molar-refractivity contribution is 5.68. The second-order valence-electron chi connectivity index (χ2n) is 4.54. The van der Waals surface area contributed by atoms with E-state index in [0.717, 1.165) is 5.75 Å². The van der Waals surface area contributed by atoms with E-state index in [0.29, 0.717) is 26.2 Å². The smallest absolute Gasteiger partial charge is 0.305 e. The monoisotopic (exact) mass is 250 g/mol. The predicted octanol–water partition coefficient (Wildman–Crippen LogP) is 0.472. The first-order chi connectivity index (χ1) is 8.70. The number of aliphatic carboxylic acids is 1. The van der Waals surface area contributed by atoms with Crippen LogP contribution in [0.5, 0.6) is 5.75 Å². The maximum absolute atomic E-state index is 10.8. The molecule has 1 heterocycles. The molecular weight excluding hydrogens is 232 g/mol. The maximum Gasteiger partial charge on any atom is 0.305 e. The highest BCUT2D eigenvalue weighted by atomic mass is 16.5. The fourth-order valence-corrected chi connectivity index (χ4v) is 2.03. The maximum atomic E-state index is 10.8. The summed E-state index contributed by atoms with van der Waals surface area (Å²) in [7, 11) is 0. The molecule has 0 bridgehead atoms. The molecule has 18 heavy (non-hydrogen) atoms. The number of benzene rings is 1. The number of carboxylic acid groups (broad SMARTS) is 1. The Kier molecular flexibility index (Phi) is 4.17. The van der Waals surface area contributed by atoms with Crippen molar-refractivity contribution in [2.75, 3.05) is 26.2 Å². The van der Waals surface area contributed by atoms with Crippen LogP contribution in [-0.4, -0.2) is 42.9 Å². The second kappa shape index (κ2) is 5.84. The molecule has 5 heteroatoms. The van der Waals surface area contributed by atoms with Gasteiger partial charge in [0.15, 0.2) is 0 Å². The molecule has 0 aliphatic carbocycles. The highest BCUT2D eigenvalue weighted by Crippen LogP contribution is 2.15. The summed E-state index contributed by atoms with van der Waals surface area (Å²) in [5.41, 5.74) is -0.300. The molecule has 0 atom stereocenters. The fourth-order valence-electron chi connectivity index (χ4n) is 2.03. The van der Waals surface area contributed by atoms with Crippen LogP contribution in [0.4, 0.5) is 0 Å². The summed E-state index contributed by atoms with van der Waals surface area (Å²) in [6.45, 7) is 2.57. The van der Waals surface area contributed by atoms with Crippen LogP contribution in [0, 0.1) is 0 Å². The van der Waals surface area contributed by atoms with Gasteiger partial charge >= 0.3 is 5.97 Å². The lowest BCUT2D eigenvalue weighted by Crippen LogP contribution is -2.68. The van der Waals surface area contributed by atoms with Gasteiger partial charge in [-0.15, -0.1) is 0 Å². The number of carbonyl (C=O) groups is 1. The number of hydrogen-bond donors (Lipinski definition) is 3. The number of rotatable bonds is 7. The number of nitrogens with one attached hydrogen (secondary N) is 2. The zero-order chi connectivity index (χ0) is 12.8. The lowest BCUT2D eigenvalue weighted by atomic mass is 9.88. The van der Waals surface area contributed by atoms with Crippen molar-refractivity contribution >= 4 is 5.97 Å². The number of hydrogen-bond acceptors (Lipinski definition) is 4. The quantitative estimate of drug-likeness (QED) is 0.614. The molecule has 5 nitrogen and oxygen atoms in total. The molecule has 0 saturated carbocycles. The van der Waals surface area contributed by atoms with Crippen LogP contribution in [0.2, 0.25) is 0 Å². The summed E-state index contributed by atoms with van der Waals surface area (Å²) in [6, 6.07) is 9.58. The van der Waals surface area contributed by atoms with Crippen LogP contribution in [0.25, 0.3) is 0 Å². The van der Waals surface area contributed by atoms with E-state index in [9.17, 15) is 4.79 Å². The van der Waals surface area contributed by atoms with Gasteiger partial charge in [0.2, 0.25) is 0 Å². The third-order valence-corrected chi connectivity index (χ3v) is 3.03. The Morgan fingerprint density at radius 2 is 2.11 bits per heavy atom. The Labute approximate surface area is 106 Å². The van der Waals surface area contributed by atoms with E-state index < -0.39 is 5.97 Å². The van der Waals surface area contributed by atoms with Crippen LogP contribution >= 0.6 is 0 Å². The first-order valence-corrected chi connectivity index (χ1v) is 6.06. The molecule has 1 aliphatic rings. The minimum Gasteiger partial charge on any atom is -0.492 e. The summed E-state index contributed by atoms with van der Waals surface area (Å²) >= 11 is 0. The third kappa shape index (κ3) is 3.45. The van der Waals surface area contributed by atoms with E-state index in [2.05, 4.69) is 10.6 Å². The van der Waals surface area contributed by atoms with E-state index in [-0.39, 0.29) is 12.0 Å². The predicted molar refractivity (Wildman–Crippen MR) is 67.8 cm³/mol. The summed E-state index contributed by atoms with van der Waals surface area (Å²) in [4.78, 5) is 10.8. The van der Waals surface area contributed by atoms with Gasteiger partial charge < -0.3 is 20.5 Å². The molecule has 1 fully saturated rings. The Bertz CT molecular complexity index is 390. The van der Waals surface area contributed by atoms with E-state index in [4.69, 9.17) is 9.84 Å². The minimum atomic E-state index is -0.770. The first-order valence-electron chi connectivity index (χ1n) is 6.06. The van der Waals surface area contributed by atoms with E-state index in [1.54, 1.807) is 0 Å². The van der Waals surface area contributed by atoms with E-state index in [1.807, 2.05) is 30.3 Å². The van der Waals surface area contributed by atoms with Crippen molar-refractivity contribution in [1.82, 2.24) is 10.6 Å². The second-order valence-corrected chi connectivity index (χ2v) is 4.54. The van der Waals surface area contributed by atoms with E-state index >= 15 is 0 Å². The van der Waals surface area contributed by atoms with Crippen molar-refractivity contribution < 1.29 is 14.6 Å². The van der Waals surface area contributed by atoms with Gasteiger partial charge in [0, 0.05) is 19.6 Å². The van der Waals surface area contributed by atoms with Crippen molar-refractivity contribution in [1.29, 1.82) is 0 Å². The number of carboxylic acids is 1. The molecule has 1 aromatic carbocycles. The zero-order valence-electron chi connectivity index (χ0n) is 10.2. The largest absolute Gasteiger partial charge is 0.492 e. The lowest BCUT2D eigenvalue weighted by molar-refractivity contribution is -0.139. The highest BCUT2D eigenvalue weighted by Gasteiger charge is 2.38. The standard InChI is InChI=1S/C13H18N2O3/c16-12(17)8-13(9-14-10-13)15-6-7-18-11-4-2-1-3-5-11/h1-5,14-15H,6-10H2,(H,16,17). The van der Waals surface area contributed by atoms with Gasteiger partial charge in [0.1, 0.15) is 12.4 Å². The Morgan fingerprint density at radius 3 is 2.67 bits per heavy atom. The van der Waals surface area contributed by atoms with Gasteiger partial charge in [-0.3, -0.25) is 4.79 Å². The van der Waals surface area contributed by atoms with Crippen molar-refractivity contribution in [3.05, 3.63) is 30.3 Å². The molecule has 0 aromatic heterocycles. The van der Waals surface area contributed by atoms with Crippen LogP contribution in [0.3, 0.4) is 0 Å². The average molecular weight is 250 g/mol. The number of ether oxygens (including phenoxy) is 1. The first kappa shape index (κ1) is 12.9. The SMILES string of the molecule is O=C(O)CC1(NCCOc2ccccc2)CNC1. The zero-order valence-corrected chi connectivity index (χ0v) is 10.2. The van der Waals surface area contributed by atoms with E-state index in [1.165, 1.54) is 0 Å². The molecule has 2 rings (SSSR count). The van der Waals surface area contributed by atoms with Crippen LogP contribution in [0.1, 0.15) is 6.42 Å².